The Labute approximate surface area is 111 Å². The Bertz CT molecular complexity index is 304. The normalized spacial score (nSPS) is 32.4. The van der Waals surface area contributed by atoms with Crippen molar-refractivity contribution in [2.75, 3.05) is 20.1 Å². The number of carbonyl (C=O) groups is 1. The van der Waals surface area contributed by atoms with Crippen molar-refractivity contribution in [2.45, 2.75) is 52.5 Å². The van der Waals surface area contributed by atoms with Crippen molar-refractivity contribution in [3.05, 3.63) is 0 Å². The van der Waals surface area contributed by atoms with E-state index in [9.17, 15) is 4.79 Å². The van der Waals surface area contributed by atoms with Gasteiger partial charge in [0.15, 0.2) is 0 Å². The van der Waals surface area contributed by atoms with Crippen molar-refractivity contribution in [2.24, 2.45) is 17.3 Å². The fraction of sp³-hybridized carbons (Fsp3) is 0.933. The molecule has 2 unspecified atom stereocenters. The maximum atomic E-state index is 12.5. The second kappa shape index (κ2) is 5.20. The van der Waals surface area contributed by atoms with Crippen LogP contribution in [-0.4, -0.2) is 37.0 Å². The zero-order chi connectivity index (χ0) is 13.3. The average molecular weight is 252 g/mol. The predicted octanol–water partition coefficient (Wildman–Crippen LogP) is 2.27. The molecule has 1 amide bonds. The summed E-state index contributed by atoms with van der Waals surface area (Å²) in [5.41, 5.74) is 0.475. The highest BCUT2D eigenvalue weighted by Gasteiger charge is 2.36. The molecule has 1 heterocycles. The van der Waals surface area contributed by atoms with Crippen LogP contribution in [0.2, 0.25) is 0 Å². The highest BCUT2D eigenvalue weighted by molar-refractivity contribution is 5.79. The zero-order valence-electron chi connectivity index (χ0n) is 12.3. The molecule has 1 aliphatic carbocycles. The number of rotatable bonds is 2. The number of carbonyl (C=O) groups excluding carboxylic acids is 1. The summed E-state index contributed by atoms with van der Waals surface area (Å²) in [7, 11) is 2.01. The molecule has 1 saturated heterocycles. The SMILES string of the molecule is CC1CNCC1C(=O)N(C)C1CCC(C)(C)CC1. The van der Waals surface area contributed by atoms with Gasteiger partial charge >= 0.3 is 0 Å². The average Bonchev–Trinajstić information content (AvgIpc) is 2.73. The molecule has 2 atom stereocenters. The molecular weight excluding hydrogens is 224 g/mol. The van der Waals surface area contributed by atoms with Crippen LogP contribution in [0.25, 0.3) is 0 Å². The first-order valence-electron chi connectivity index (χ1n) is 7.38. The molecule has 0 radical (unpaired) electrons. The summed E-state index contributed by atoms with van der Waals surface area (Å²) in [5.74, 6) is 1.04. The highest BCUT2D eigenvalue weighted by atomic mass is 16.2. The van der Waals surface area contributed by atoms with Crippen LogP contribution in [0, 0.1) is 17.3 Å². The van der Waals surface area contributed by atoms with Gasteiger partial charge in [-0.15, -0.1) is 0 Å². The maximum absolute atomic E-state index is 12.5. The van der Waals surface area contributed by atoms with Gasteiger partial charge < -0.3 is 10.2 Å². The van der Waals surface area contributed by atoms with Gasteiger partial charge in [0.25, 0.3) is 0 Å². The maximum Gasteiger partial charge on any atom is 0.227 e. The molecule has 2 rings (SSSR count). The smallest absolute Gasteiger partial charge is 0.227 e. The molecule has 0 aromatic carbocycles. The lowest BCUT2D eigenvalue weighted by molar-refractivity contribution is -0.137. The Morgan fingerprint density at radius 1 is 1.22 bits per heavy atom. The van der Waals surface area contributed by atoms with Crippen LogP contribution in [0.5, 0.6) is 0 Å². The van der Waals surface area contributed by atoms with Crippen LogP contribution in [0.3, 0.4) is 0 Å². The van der Waals surface area contributed by atoms with E-state index in [2.05, 4.69) is 26.1 Å². The van der Waals surface area contributed by atoms with Gasteiger partial charge in [-0.25, -0.2) is 0 Å². The lowest BCUT2D eigenvalue weighted by Crippen LogP contribution is -2.45. The molecule has 18 heavy (non-hydrogen) atoms. The first kappa shape index (κ1) is 13.9. The first-order chi connectivity index (χ1) is 8.41. The Morgan fingerprint density at radius 2 is 1.83 bits per heavy atom. The molecular formula is C15H28N2O. The second-order valence-electron chi connectivity index (χ2n) is 7.09. The molecule has 0 aromatic heterocycles. The van der Waals surface area contributed by atoms with Crippen LogP contribution in [0.4, 0.5) is 0 Å². The Hall–Kier alpha value is -0.570. The molecule has 1 N–H and O–H groups in total. The van der Waals surface area contributed by atoms with E-state index in [0.29, 0.717) is 23.3 Å². The molecule has 0 bridgehead atoms. The summed E-state index contributed by atoms with van der Waals surface area (Å²) < 4.78 is 0. The molecule has 3 nitrogen and oxygen atoms in total. The van der Waals surface area contributed by atoms with Gasteiger partial charge in [-0.05, 0) is 43.6 Å². The van der Waals surface area contributed by atoms with E-state index >= 15 is 0 Å². The van der Waals surface area contributed by atoms with E-state index in [1.54, 1.807) is 0 Å². The van der Waals surface area contributed by atoms with E-state index in [1.807, 2.05) is 11.9 Å². The Balaban J connectivity index is 1.91. The van der Waals surface area contributed by atoms with Crippen LogP contribution in [0.15, 0.2) is 0 Å². The van der Waals surface area contributed by atoms with Crippen molar-refractivity contribution < 1.29 is 4.79 Å². The van der Waals surface area contributed by atoms with Crippen molar-refractivity contribution >= 4 is 5.91 Å². The van der Waals surface area contributed by atoms with Gasteiger partial charge in [0.2, 0.25) is 5.91 Å². The largest absolute Gasteiger partial charge is 0.342 e. The van der Waals surface area contributed by atoms with Gasteiger partial charge in [0.05, 0.1) is 5.92 Å². The summed E-state index contributed by atoms with van der Waals surface area (Å²) in [4.78, 5) is 14.5. The van der Waals surface area contributed by atoms with Crippen molar-refractivity contribution in [3.8, 4) is 0 Å². The van der Waals surface area contributed by atoms with Gasteiger partial charge in [-0.3, -0.25) is 4.79 Å². The van der Waals surface area contributed by atoms with Gasteiger partial charge in [0.1, 0.15) is 0 Å². The van der Waals surface area contributed by atoms with Crippen LogP contribution in [-0.2, 0) is 4.79 Å². The summed E-state index contributed by atoms with van der Waals surface area (Å²) in [6, 6.07) is 0.471. The van der Waals surface area contributed by atoms with Gasteiger partial charge in [-0.2, -0.15) is 0 Å². The molecule has 1 saturated carbocycles. The van der Waals surface area contributed by atoms with Crippen LogP contribution < -0.4 is 5.32 Å². The highest BCUT2D eigenvalue weighted by Crippen LogP contribution is 2.37. The lowest BCUT2D eigenvalue weighted by atomic mass is 9.75. The summed E-state index contributed by atoms with van der Waals surface area (Å²) in [6.07, 6.45) is 4.83. The van der Waals surface area contributed by atoms with Gasteiger partial charge in [0, 0.05) is 19.6 Å². The summed E-state index contributed by atoms with van der Waals surface area (Å²) in [5, 5.41) is 3.33. The standard InChI is InChI=1S/C15H28N2O/c1-11-9-16-10-13(11)14(18)17(4)12-5-7-15(2,3)8-6-12/h11-13,16H,5-10H2,1-4H3. The second-order valence-corrected chi connectivity index (χ2v) is 7.09. The van der Waals surface area contributed by atoms with E-state index in [0.717, 1.165) is 13.1 Å². The fourth-order valence-corrected chi connectivity index (χ4v) is 3.35. The van der Waals surface area contributed by atoms with Crippen LogP contribution >= 0.6 is 0 Å². The Morgan fingerprint density at radius 3 is 2.33 bits per heavy atom. The molecule has 3 heteroatoms. The number of hydrogen-bond acceptors (Lipinski definition) is 2. The molecule has 0 spiro atoms. The van der Waals surface area contributed by atoms with E-state index in [-0.39, 0.29) is 5.92 Å². The molecule has 2 aliphatic rings. The van der Waals surface area contributed by atoms with E-state index in [4.69, 9.17) is 0 Å². The third kappa shape index (κ3) is 2.87. The molecule has 2 fully saturated rings. The van der Waals surface area contributed by atoms with E-state index < -0.39 is 0 Å². The summed E-state index contributed by atoms with van der Waals surface area (Å²) in [6.45, 7) is 8.72. The first-order valence-corrected chi connectivity index (χ1v) is 7.38. The third-order valence-corrected chi connectivity index (χ3v) is 5.04. The van der Waals surface area contributed by atoms with E-state index in [1.165, 1.54) is 25.7 Å². The lowest BCUT2D eigenvalue weighted by Gasteiger charge is -2.39. The third-order valence-electron chi connectivity index (χ3n) is 5.04. The molecule has 1 aliphatic heterocycles. The Kier molecular flexibility index (Phi) is 4.00. The number of amides is 1. The number of nitrogens with one attached hydrogen (secondary N) is 1. The number of nitrogens with zero attached hydrogens (tertiary/aromatic N) is 1. The monoisotopic (exact) mass is 252 g/mol. The molecule has 104 valence electrons. The topological polar surface area (TPSA) is 32.3 Å². The minimum absolute atomic E-state index is 0.199. The number of hydrogen-bond donors (Lipinski definition) is 1. The van der Waals surface area contributed by atoms with Crippen molar-refractivity contribution in [1.82, 2.24) is 10.2 Å². The zero-order valence-corrected chi connectivity index (χ0v) is 12.3. The summed E-state index contributed by atoms with van der Waals surface area (Å²) >= 11 is 0. The van der Waals surface area contributed by atoms with Gasteiger partial charge in [-0.1, -0.05) is 20.8 Å². The predicted molar refractivity (Wildman–Crippen MR) is 74.3 cm³/mol. The quantitative estimate of drug-likeness (QED) is 0.817. The van der Waals surface area contributed by atoms with Crippen molar-refractivity contribution in [1.29, 1.82) is 0 Å². The molecule has 0 aromatic rings. The minimum Gasteiger partial charge on any atom is -0.342 e. The van der Waals surface area contributed by atoms with Crippen molar-refractivity contribution in [3.63, 3.8) is 0 Å². The fourth-order valence-electron chi connectivity index (χ4n) is 3.35. The van der Waals surface area contributed by atoms with Crippen LogP contribution in [0.1, 0.15) is 46.5 Å². The minimum atomic E-state index is 0.199.